The number of rotatable bonds is 15. The quantitative estimate of drug-likeness (QED) is 0.257. The molecular weight excluding hydrogens is 553 g/mol. The summed E-state index contributed by atoms with van der Waals surface area (Å²) >= 11 is 0. The first-order valence-electron chi connectivity index (χ1n) is 14.4. The van der Waals surface area contributed by atoms with Gasteiger partial charge in [-0.05, 0) is 59.7 Å². The lowest BCUT2D eigenvalue weighted by atomic mass is 10.0. The van der Waals surface area contributed by atoms with Crippen LogP contribution in [0.1, 0.15) is 50.3 Å². The van der Waals surface area contributed by atoms with Gasteiger partial charge in [-0.25, -0.2) is 12.8 Å². The molecule has 3 aromatic carbocycles. The Morgan fingerprint density at radius 3 is 2.07 bits per heavy atom. The molecule has 0 aromatic heterocycles. The second kappa shape index (κ2) is 15.5. The summed E-state index contributed by atoms with van der Waals surface area (Å²) in [6, 6.07) is 21.9. The highest BCUT2D eigenvalue weighted by molar-refractivity contribution is 7.92. The zero-order valence-electron chi connectivity index (χ0n) is 24.9. The van der Waals surface area contributed by atoms with Crippen molar-refractivity contribution in [2.75, 3.05) is 23.7 Å². The number of hydrogen-bond donors (Lipinski definition) is 1. The molecule has 7 nitrogen and oxygen atoms in total. The molecule has 0 radical (unpaired) electrons. The van der Waals surface area contributed by atoms with Gasteiger partial charge in [0.15, 0.2) is 0 Å². The summed E-state index contributed by atoms with van der Waals surface area (Å²) in [5, 5.41) is 2.98. The Morgan fingerprint density at radius 2 is 1.50 bits per heavy atom. The molecule has 0 aliphatic rings. The number of aryl methyl sites for hydroxylation is 1. The molecule has 226 valence electrons. The second-order valence-electron chi connectivity index (χ2n) is 11.0. The number of carbonyl (C=O) groups excluding carboxylic acids is 2. The zero-order valence-corrected chi connectivity index (χ0v) is 25.7. The van der Waals surface area contributed by atoms with Gasteiger partial charge in [0.2, 0.25) is 21.8 Å². The molecule has 0 saturated heterocycles. The van der Waals surface area contributed by atoms with Gasteiger partial charge >= 0.3 is 0 Å². The Kier molecular flexibility index (Phi) is 12.1. The number of nitrogens with zero attached hydrogens (tertiary/aromatic N) is 2. The summed E-state index contributed by atoms with van der Waals surface area (Å²) in [4.78, 5) is 28.9. The molecule has 0 fully saturated rings. The van der Waals surface area contributed by atoms with E-state index in [0.29, 0.717) is 24.2 Å². The van der Waals surface area contributed by atoms with Crippen LogP contribution in [0, 0.1) is 11.7 Å². The van der Waals surface area contributed by atoms with E-state index in [1.54, 1.807) is 24.3 Å². The number of carbonyl (C=O) groups is 2. The van der Waals surface area contributed by atoms with E-state index < -0.39 is 16.1 Å². The normalized spacial score (nSPS) is 12.1. The van der Waals surface area contributed by atoms with Gasteiger partial charge in [0.05, 0.1) is 11.9 Å². The van der Waals surface area contributed by atoms with Crippen LogP contribution in [0.3, 0.4) is 0 Å². The summed E-state index contributed by atoms with van der Waals surface area (Å²) in [6.45, 7) is 6.71. The molecule has 1 N–H and O–H groups in total. The van der Waals surface area contributed by atoms with Crippen LogP contribution in [0.2, 0.25) is 0 Å². The average Bonchev–Trinajstić information content (AvgIpc) is 2.96. The van der Waals surface area contributed by atoms with E-state index in [2.05, 4.69) is 5.32 Å². The Hall–Kier alpha value is -3.72. The first-order valence-corrected chi connectivity index (χ1v) is 16.2. The molecule has 0 aliphatic heterocycles. The van der Waals surface area contributed by atoms with E-state index in [0.717, 1.165) is 23.8 Å². The molecule has 0 saturated carbocycles. The van der Waals surface area contributed by atoms with Crippen molar-refractivity contribution in [2.24, 2.45) is 5.92 Å². The number of amides is 2. The van der Waals surface area contributed by atoms with Crippen molar-refractivity contribution in [3.63, 3.8) is 0 Å². The van der Waals surface area contributed by atoms with Crippen molar-refractivity contribution >= 4 is 27.5 Å². The fourth-order valence-corrected chi connectivity index (χ4v) is 5.63. The van der Waals surface area contributed by atoms with E-state index in [9.17, 15) is 22.4 Å². The molecule has 9 heteroatoms. The van der Waals surface area contributed by atoms with Crippen LogP contribution in [0.25, 0.3) is 0 Å². The fraction of sp³-hybridized carbons (Fsp3) is 0.394. The van der Waals surface area contributed by atoms with E-state index in [1.165, 1.54) is 21.3 Å². The van der Waals surface area contributed by atoms with Gasteiger partial charge in [-0.2, -0.15) is 0 Å². The van der Waals surface area contributed by atoms with Crippen molar-refractivity contribution in [2.45, 2.75) is 59.0 Å². The Morgan fingerprint density at radius 1 is 0.881 bits per heavy atom. The lowest BCUT2D eigenvalue weighted by Gasteiger charge is -2.32. The van der Waals surface area contributed by atoms with Crippen molar-refractivity contribution in [3.05, 3.63) is 101 Å². The average molecular weight is 596 g/mol. The molecule has 2 amide bonds. The third-order valence-electron chi connectivity index (χ3n) is 7.01. The number of hydrogen-bond acceptors (Lipinski definition) is 4. The van der Waals surface area contributed by atoms with Crippen molar-refractivity contribution < 1.29 is 22.4 Å². The SMILES string of the molecule is CCc1ccc(N(CCCC(=O)N(Cc2ccc(F)cc2)[C@H](Cc2ccccc2)C(=O)NCC(C)C)S(C)(=O)=O)cc1. The Balaban J connectivity index is 1.86. The predicted molar refractivity (Wildman–Crippen MR) is 166 cm³/mol. The van der Waals surface area contributed by atoms with Crippen molar-refractivity contribution in [3.8, 4) is 0 Å². The van der Waals surface area contributed by atoms with Crippen LogP contribution in [-0.2, 0) is 39.0 Å². The van der Waals surface area contributed by atoms with Gasteiger partial charge < -0.3 is 10.2 Å². The molecule has 3 aromatic rings. The number of sulfonamides is 1. The lowest BCUT2D eigenvalue weighted by Crippen LogP contribution is -2.51. The fourth-order valence-electron chi connectivity index (χ4n) is 4.66. The zero-order chi connectivity index (χ0) is 30.7. The van der Waals surface area contributed by atoms with Crippen LogP contribution in [0.4, 0.5) is 10.1 Å². The maximum atomic E-state index is 13.8. The standard InChI is InChI=1S/C33H42FN3O4S/c1-5-26-15-19-30(20-16-26)37(42(4,40)41)21-9-12-32(38)36(24-28-13-17-29(34)18-14-28)31(33(39)35-23-25(2)3)22-27-10-7-6-8-11-27/h6-8,10-11,13-20,25,31H,5,9,12,21-24H2,1-4H3,(H,35,39)/t31-/m1/s1. The minimum Gasteiger partial charge on any atom is -0.354 e. The molecule has 0 unspecified atom stereocenters. The summed E-state index contributed by atoms with van der Waals surface area (Å²) in [6.07, 6.45) is 2.58. The number of anilines is 1. The molecule has 1 atom stereocenters. The minimum atomic E-state index is -3.59. The molecule has 3 rings (SSSR count). The van der Waals surface area contributed by atoms with E-state index in [4.69, 9.17) is 0 Å². The second-order valence-corrected chi connectivity index (χ2v) is 12.9. The van der Waals surface area contributed by atoms with Crippen LogP contribution < -0.4 is 9.62 Å². The largest absolute Gasteiger partial charge is 0.354 e. The maximum absolute atomic E-state index is 13.8. The van der Waals surface area contributed by atoms with Crippen LogP contribution in [-0.4, -0.2) is 50.5 Å². The highest BCUT2D eigenvalue weighted by Gasteiger charge is 2.30. The summed E-state index contributed by atoms with van der Waals surface area (Å²) in [7, 11) is -3.59. The van der Waals surface area contributed by atoms with Crippen LogP contribution in [0.5, 0.6) is 0 Å². The molecular formula is C33H42FN3O4S. The molecule has 0 heterocycles. The summed E-state index contributed by atoms with van der Waals surface area (Å²) < 4.78 is 40.2. The van der Waals surface area contributed by atoms with Crippen LogP contribution >= 0.6 is 0 Å². The minimum absolute atomic E-state index is 0.0308. The van der Waals surface area contributed by atoms with Gasteiger partial charge in [-0.1, -0.05) is 75.4 Å². The first kappa shape index (κ1) is 32.8. The van der Waals surface area contributed by atoms with Gasteiger partial charge in [-0.3, -0.25) is 13.9 Å². The van der Waals surface area contributed by atoms with Gasteiger partial charge in [-0.15, -0.1) is 0 Å². The van der Waals surface area contributed by atoms with Crippen LogP contribution in [0.15, 0.2) is 78.9 Å². The number of nitrogens with one attached hydrogen (secondary N) is 1. The smallest absolute Gasteiger partial charge is 0.243 e. The maximum Gasteiger partial charge on any atom is 0.243 e. The summed E-state index contributed by atoms with van der Waals surface area (Å²) in [5.41, 5.74) is 3.23. The number of benzene rings is 3. The molecule has 42 heavy (non-hydrogen) atoms. The van der Waals surface area contributed by atoms with E-state index in [-0.39, 0.29) is 49.5 Å². The van der Waals surface area contributed by atoms with E-state index in [1.807, 2.05) is 63.2 Å². The summed E-state index contributed by atoms with van der Waals surface area (Å²) in [5.74, 6) is -0.715. The molecule has 0 spiro atoms. The lowest BCUT2D eigenvalue weighted by molar-refractivity contribution is -0.141. The third-order valence-corrected chi connectivity index (χ3v) is 8.20. The van der Waals surface area contributed by atoms with Crippen molar-refractivity contribution in [1.82, 2.24) is 10.2 Å². The highest BCUT2D eigenvalue weighted by atomic mass is 32.2. The Labute approximate surface area is 249 Å². The third kappa shape index (κ3) is 9.98. The molecule has 0 aliphatic carbocycles. The van der Waals surface area contributed by atoms with Gasteiger partial charge in [0, 0.05) is 32.5 Å². The Bertz CT molecular complexity index is 1400. The van der Waals surface area contributed by atoms with Crippen molar-refractivity contribution in [1.29, 1.82) is 0 Å². The molecule has 0 bridgehead atoms. The predicted octanol–water partition coefficient (Wildman–Crippen LogP) is 5.35. The van der Waals surface area contributed by atoms with Gasteiger partial charge in [0.25, 0.3) is 0 Å². The number of halogens is 1. The van der Waals surface area contributed by atoms with Gasteiger partial charge in [0.1, 0.15) is 11.9 Å². The highest BCUT2D eigenvalue weighted by Crippen LogP contribution is 2.21. The first-order chi connectivity index (χ1) is 20.0. The monoisotopic (exact) mass is 595 g/mol. The topological polar surface area (TPSA) is 86.8 Å². The van der Waals surface area contributed by atoms with E-state index >= 15 is 0 Å².